The Morgan fingerprint density at radius 3 is 1.66 bits per heavy atom. The van der Waals surface area contributed by atoms with Crippen LogP contribution in [-0.4, -0.2) is 44.0 Å². The number of fused-ring (bicyclic) bond motifs is 3. The molecule has 1 aliphatic rings. The molecule has 1 aliphatic carbocycles. The molecule has 3 N–H and O–H groups in total. The van der Waals surface area contributed by atoms with Gasteiger partial charge >= 0.3 is 12.1 Å². The second-order valence-corrected chi connectivity index (χ2v) is 11.6. The van der Waals surface area contributed by atoms with Gasteiger partial charge in [-0.05, 0) is 64.0 Å². The maximum atomic E-state index is 11.5. The summed E-state index contributed by atoms with van der Waals surface area (Å²) in [6.45, 7) is 6.91. The van der Waals surface area contributed by atoms with Crippen LogP contribution in [0, 0.1) is 0 Å². The van der Waals surface area contributed by atoms with Crippen molar-refractivity contribution >= 4 is 12.1 Å². The third kappa shape index (κ3) is 8.98. The average molecular weight is 673 g/mol. The molecule has 0 saturated heterocycles. The molecule has 1 amide bonds. The minimum absolute atomic E-state index is 0.0250. The Kier molecular flexibility index (Phi) is 14.2. The predicted octanol–water partition coefficient (Wildman–Crippen LogP) is 9.01. The lowest BCUT2D eigenvalue weighted by atomic mass is 9.77. The zero-order valence-corrected chi connectivity index (χ0v) is 29.4. The molecule has 0 aliphatic heterocycles. The highest BCUT2D eigenvalue weighted by Crippen LogP contribution is 2.44. The van der Waals surface area contributed by atoms with Crippen LogP contribution in [-0.2, 0) is 15.1 Å². The van der Waals surface area contributed by atoms with Gasteiger partial charge in [0.15, 0.2) is 0 Å². The van der Waals surface area contributed by atoms with E-state index in [1.54, 1.807) is 7.11 Å². The molecule has 0 spiro atoms. The van der Waals surface area contributed by atoms with Crippen molar-refractivity contribution in [3.63, 3.8) is 0 Å². The highest BCUT2D eigenvalue weighted by molar-refractivity contribution is 5.79. The molecule has 6 rings (SSSR count). The van der Waals surface area contributed by atoms with Gasteiger partial charge in [-0.3, -0.25) is 10.1 Å². The summed E-state index contributed by atoms with van der Waals surface area (Å²) < 4.78 is 10.5. The molecule has 5 aromatic carbocycles. The lowest BCUT2D eigenvalue weighted by Gasteiger charge is -2.37. The van der Waals surface area contributed by atoms with Gasteiger partial charge in [0.05, 0.1) is 12.6 Å². The molecule has 50 heavy (non-hydrogen) atoms. The third-order valence-corrected chi connectivity index (χ3v) is 8.58. The molecule has 0 saturated carbocycles. The number of ether oxygens (including phenoxy) is 2. The number of amides is 1. The van der Waals surface area contributed by atoms with Crippen LogP contribution in [0.5, 0.6) is 5.75 Å². The maximum Gasteiger partial charge on any atom is 0.407 e. The van der Waals surface area contributed by atoms with Gasteiger partial charge in [0.2, 0.25) is 0 Å². The predicted molar refractivity (Wildman–Crippen MR) is 201 cm³/mol. The van der Waals surface area contributed by atoms with Crippen LogP contribution in [0.4, 0.5) is 4.79 Å². The van der Waals surface area contributed by atoms with Crippen molar-refractivity contribution in [3.8, 4) is 16.9 Å². The van der Waals surface area contributed by atoms with Gasteiger partial charge < -0.3 is 19.9 Å². The minimum Gasteiger partial charge on any atom is -0.497 e. The number of hydrogen-bond donors (Lipinski definition) is 3. The fraction of sp³-hybridized carbons (Fsp3) is 0.256. The van der Waals surface area contributed by atoms with E-state index in [2.05, 4.69) is 102 Å². The van der Waals surface area contributed by atoms with E-state index < -0.39 is 18.6 Å². The monoisotopic (exact) mass is 672 g/mol. The molecule has 0 atom stereocenters. The number of aliphatic carboxylic acids is 1. The molecular formula is C43H48N2O5. The molecule has 0 aromatic heterocycles. The molecule has 0 fully saturated rings. The highest BCUT2D eigenvalue weighted by Gasteiger charge is 2.35. The van der Waals surface area contributed by atoms with Gasteiger partial charge in [0.25, 0.3) is 0 Å². The van der Waals surface area contributed by atoms with Crippen LogP contribution in [0.25, 0.3) is 11.1 Å². The van der Waals surface area contributed by atoms with Gasteiger partial charge in [0, 0.05) is 5.92 Å². The number of methoxy groups -OCH3 is 1. The van der Waals surface area contributed by atoms with E-state index in [9.17, 15) is 9.59 Å². The third-order valence-electron chi connectivity index (χ3n) is 8.58. The van der Waals surface area contributed by atoms with Crippen molar-refractivity contribution in [2.45, 2.75) is 45.1 Å². The Morgan fingerprint density at radius 1 is 0.700 bits per heavy atom. The SMILES string of the molecule is CC.CCCCNC(c1ccccc1)(c1ccccc1)c1ccc(OC)cc1.O=C(O)CNC(=O)OCC1c2ccccc2-c2ccccc21. The first-order valence-electron chi connectivity index (χ1n) is 17.3. The lowest BCUT2D eigenvalue weighted by molar-refractivity contribution is -0.135. The highest BCUT2D eigenvalue weighted by atomic mass is 16.5. The molecule has 0 bridgehead atoms. The quantitative estimate of drug-likeness (QED) is 0.0904. The summed E-state index contributed by atoms with van der Waals surface area (Å²) in [5, 5.41) is 14.6. The van der Waals surface area contributed by atoms with Crippen LogP contribution in [0.3, 0.4) is 0 Å². The number of carboxylic acids is 1. The van der Waals surface area contributed by atoms with Crippen molar-refractivity contribution in [3.05, 3.63) is 161 Å². The zero-order chi connectivity index (χ0) is 35.8. The fourth-order valence-electron chi connectivity index (χ4n) is 6.27. The molecule has 5 aromatic rings. The molecule has 0 heterocycles. The van der Waals surface area contributed by atoms with E-state index in [1.807, 2.05) is 62.4 Å². The number of hydrogen-bond acceptors (Lipinski definition) is 5. The standard InChI is InChI=1S/C24H27NO.C17H15NO4.C2H6/c1-3-4-19-25-24(20-11-7-5-8-12-20,21-13-9-6-10-14-21)22-15-17-23(26-2)18-16-22;19-16(20)9-18-17(21)22-10-15-13-7-3-1-5-11(13)12-6-2-4-8-14(12)15;1-2/h5-18,25H,3-4,19H2,1-2H3;1-8,15H,9-10H2,(H,18,21)(H,19,20);1-2H3. The van der Waals surface area contributed by atoms with Gasteiger partial charge in [0.1, 0.15) is 18.9 Å². The van der Waals surface area contributed by atoms with Gasteiger partial charge in [-0.1, -0.05) is 149 Å². The largest absolute Gasteiger partial charge is 0.497 e. The number of carbonyl (C=O) groups excluding carboxylic acids is 1. The number of carboxylic acid groups (broad SMARTS) is 1. The smallest absolute Gasteiger partial charge is 0.407 e. The van der Waals surface area contributed by atoms with Gasteiger partial charge in [-0.2, -0.15) is 0 Å². The van der Waals surface area contributed by atoms with Crippen LogP contribution in [0.2, 0.25) is 0 Å². The van der Waals surface area contributed by atoms with Crippen LogP contribution in [0.15, 0.2) is 133 Å². The van der Waals surface area contributed by atoms with Crippen molar-refractivity contribution in [2.75, 3.05) is 26.8 Å². The summed E-state index contributed by atoms with van der Waals surface area (Å²) in [7, 11) is 1.70. The Hall–Kier alpha value is -5.40. The van der Waals surface area contributed by atoms with Crippen molar-refractivity contribution < 1.29 is 24.2 Å². The number of alkyl carbamates (subject to hydrolysis) is 1. The Labute approximate surface area is 296 Å². The van der Waals surface area contributed by atoms with E-state index in [0.29, 0.717) is 0 Å². The normalized spacial score (nSPS) is 11.4. The van der Waals surface area contributed by atoms with Crippen molar-refractivity contribution in [2.24, 2.45) is 0 Å². The summed E-state index contributed by atoms with van der Waals surface area (Å²) in [5.41, 5.74) is 7.86. The summed E-state index contributed by atoms with van der Waals surface area (Å²) >= 11 is 0. The average Bonchev–Trinajstić information content (AvgIpc) is 3.50. The molecule has 0 radical (unpaired) electrons. The first kappa shape index (κ1) is 37.4. The maximum absolute atomic E-state index is 11.5. The summed E-state index contributed by atoms with van der Waals surface area (Å²) in [4.78, 5) is 22.0. The summed E-state index contributed by atoms with van der Waals surface area (Å²) in [5.74, 6) is -0.256. The van der Waals surface area contributed by atoms with E-state index in [1.165, 1.54) is 16.7 Å². The second-order valence-electron chi connectivity index (χ2n) is 11.6. The van der Waals surface area contributed by atoms with Crippen molar-refractivity contribution in [1.29, 1.82) is 0 Å². The van der Waals surface area contributed by atoms with Crippen LogP contribution >= 0.6 is 0 Å². The van der Waals surface area contributed by atoms with Crippen LogP contribution in [0.1, 0.15) is 67.3 Å². The number of unbranched alkanes of at least 4 members (excludes halogenated alkanes) is 1. The number of benzene rings is 5. The second kappa shape index (κ2) is 19.0. The number of nitrogens with one attached hydrogen (secondary N) is 2. The molecule has 7 nitrogen and oxygen atoms in total. The summed E-state index contributed by atoms with van der Waals surface area (Å²) in [6.07, 6.45) is 1.58. The van der Waals surface area contributed by atoms with Gasteiger partial charge in [-0.15, -0.1) is 0 Å². The van der Waals surface area contributed by atoms with E-state index in [4.69, 9.17) is 14.6 Å². The van der Waals surface area contributed by atoms with E-state index in [0.717, 1.165) is 47.4 Å². The first-order valence-corrected chi connectivity index (χ1v) is 17.3. The molecule has 260 valence electrons. The Morgan fingerprint density at radius 2 is 1.18 bits per heavy atom. The van der Waals surface area contributed by atoms with Crippen molar-refractivity contribution in [1.82, 2.24) is 10.6 Å². The topological polar surface area (TPSA) is 96.9 Å². The van der Waals surface area contributed by atoms with Crippen LogP contribution < -0.4 is 15.4 Å². The summed E-state index contributed by atoms with van der Waals surface area (Å²) in [6, 6.07) is 45.9. The van der Waals surface area contributed by atoms with E-state index >= 15 is 0 Å². The Balaban J connectivity index is 0.000000217. The first-order chi connectivity index (χ1) is 24.5. The fourth-order valence-corrected chi connectivity index (χ4v) is 6.27. The number of rotatable bonds is 12. The minimum atomic E-state index is -1.10. The molecular weight excluding hydrogens is 624 g/mol. The lowest BCUT2D eigenvalue weighted by Crippen LogP contribution is -2.45. The van der Waals surface area contributed by atoms with E-state index in [-0.39, 0.29) is 18.1 Å². The van der Waals surface area contributed by atoms with Gasteiger partial charge in [-0.25, -0.2) is 4.79 Å². The molecule has 0 unspecified atom stereocenters. The molecule has 7 heteroatoms. The number of carbonyl (C=O) groups is 2. The zero-order valence-electron chi connectivity index (χ0n) is 29.4. The Bertz CT molecular complexity index is 1690.